The standard InChI is InChI=1S/C29H42N4O3S/c1-21-7-3-4-10-24(21)19-32(12-13-36-2)25-16-26(33(20-25)29(35)27-11-6-14-37-27)28(34)31-18-23-9-5-8-22(15-23)17-30/h3-4,6-7,10-11,14,22-23,25-26H,5,8-9,12-13,15-20,30H2,1-2H3,(H,31,34). The number of carbonyl (C=O) groups excluding carboxylic acids is 2. The maximum Gasteiger partial charge on any atom is 0.264 e. The van der Waals surface area contributed by atoms with E-state index in [-0.39, 0.29) is 17.9 Å². The molecule has 2 heterocycles. The van der Waals surface area contributed by atoms with Crippen LogP contribution in [-0.2, 0) is 16.1 Å². The van der Waals surface area contributed by atoms with Crippen molar-refractivity contribution in [1.29, 1.82) is 0 Å². The molecule has 0 bridgehead atoms. The summed E-state index contributed by atoms with van der Waals surface area (Å²) < 4.78 is 5.42. The number of hydrogen-bond acceptors (Lipinski definition) is 6. The van der Waals surface area contributed by atoms with Crippen molar-refractivity contribution in [3.05, 3.63) is 57.8 Å². The SMILES string of the molecule is COCCN(Cc1ccccc1C)C1CC(C(=O)NCC2CCCC(CN)C2)N(C(=O)c2cccs2)C1. The minimum Gasteiger partial charge on any atom is -0.383 e. The highest BCUT2D eigenvalue weighted by atomic mass is 32.1. The molecule has 37 heavy (non-hydrogen) atoms. The van der Waals surface area contributed by atoms with Crippen molar-refractivity contribution in [2.45, 2.75) is 57.7 Å². The molecular formula is C29H42N4O3S. The average molecular weight is 527 g/mol. The molecule has 2 aromatic rings. The fraction of sp³-hybridized carbons (Fsp3) is 0.586. The van der Waals surface area contributed by atoms with E-state index in [1.807, 2.05) is 17.5 Å². The molecule has 2 fully saturated rings. The molecule has 202 valence electrons. The van der Waals surface area contributed by atoms with Gasteiger partial charge in [0, 0.05) is 39.3 Å². The van der Waals surface area contributed by atoms with Crippen molar-refractivity contribution < 1.29 is 14.3 Å². The molecule has 7 nitrogen and oxygen atoms in total. The summed E-state index contributed by atoms with van der Waals surface area (Å²) in [5.41, 5.74) is 8.42. The summed E-state index contributed by atoms with van der Waals surface area (Å²) in [6, 6.07) is 11.7. The van der Waals surface area contributed by atoms with Gasteiger partial charge in [0.05, 0.1) is 11.5 Å². The van der Waals surface area contributed by atoms with Gasteiger partial charge in [-0.3, -0.25) is 14.5 Å². The molecule has 2 aliphatic rings. The Morgan fingerprint density at radius 2 is 1.97 bits per heavy atom. The van der Waals surface area contributed by atoms with Crippen LogP contribution in [-0.4, -0.2) is 73.6 Å². The number of nitrogens with one attached hydrogen (secondary N) is 1. The van der Waals surface area contributed by atoms with E-state index in [4.69, 9.17) is 10.5 Å². The number of thiophene rings is 1. The van der Waals surface area contributed by atoms with Crippen molar-refractivity contribution in [2.75, 3.05) is 39.9 Å². The van der Waals surface area contributed by atoms with Gasteiger partial charge in [-0.2, -0.15) is 0 Å². The van der Waals surface area contributed by atoms with E-state index < -0.39 is 6.04 Å². The highest BCUT2D eigenvalue weighted by Crippen LogP contribution is 2.30. The van der Waals surface area contributed by atoms with E-state index in [9.17, 15) is 9.59 Å². The minimum absolute atomic E-state index is 0.0372. The third kappa shape index (κ3) is 7.19. The van der Waals surface area contributed by atoms with Crippen molar-refractivity contribution in [3.8, 4) is 0 Å². The van der Waals surface area contributed by atoms with Gasteiger partial charge in [-0.1, -0.05) is 36.8 Å². The van der Waals surface area contributed by atoms with E-state index >= 15 is 0 Å². The van der Waals surface area contributed by atoms with Gasteiger partial charge in [0.25, 0.3) is 5.91 Å². The Bertz CT molecular complexity index is 1010. The number of nitrogens with zero attached hydrogens (tertiary/aromatic N) is 2. The predicted molar refractivity (Wildman–Crippen MR) is 149 cm³/mol. The van der Waals surface area contributed by atoms with Crippen molar-refractivity contribution in [1.82, 2.24) is 15.1 Å². The number of hydrogen-bond donors (Lipinski definition) is 2. The van der Waals surface area contributed by atoms with Gasteiger partial charge >= 0.3 is 0 Å². The predicted octanol–water partition coefficient (Wildman–Crippen LogP) is 3.67. The molecular weight excluding hydrogens is 484 g/mol. The van der Waals surface area contributed by atoms with Crippen LogP contribution in [0, 0.1) is 18.8 Å². The number of likely N-dealkylation sites (tertiary alicyclic amines) is 1. The first-order valence-corrected chi connectivity index (χ1v) is 14.5. The first kappa shape index (κ1) is 27.8. The second-order valence-electron chi connectivity index (χ2n) is 10.6. The Morgan fingerprint density at radius 1 is 1.16 bits per heavy atom. The van der Waals surface area contributed by atoms with Crippen LogP contribution in [0.3, 0.4) is 0 Å². The topological polar surface area (TPSA) is 87.9 Å². The first-order chi connectivity index (χ1) is 18.0. The summed E-state index contributed by atoms with van der Waals surface area (Å²) in [6.07, 6.45) is 5.18. The number of rotatable bonds is 11. The quantitative estimate of drug-likeness (QED) is 0.467. The first-order valence-electron chi connectivity index (χ1n) is 13.6. The number of methoxy groups -OCH3 is 1. The summed E-state index contributed by atoms with van der Waals surface area (Å²) >= 11 is 1.43. The molecule has 1 aliphatic carbocycles. The van der Waals surface area contributed by atoms with Gasteiger partial charge in [0.15, 0.2) is 0 Å². The molecule has 4 atom stereocenters. The normalized spacial score (nSPS) is 23.9. The van der Waals surface area contributed by atoms with E-state index in [0.717, 1.165) is 32.5 Å². The lowest BCUT2D eigenvalue weighted by atomic mass is 9.81. The third-order valence-corrected chi connectivity index (χ3v) is 8.96. The zero-order valence-electron chi connectivity index (χ0n) is 22.2. The number of ether oxygens (including phenoxy) is 1. The lowest BCUT2D eigenvalue weighted by Crippen LogP contribution is -2.47. The second-order valence-corrected chi connectivity index (χ2v) is 11.6. The summed E-state index contributed by atoms with van der Waals surface area (Å²) in [4.78, 5) is 31.9. The van der Waals surface area contributed by atoms with Crippen LogP contribution >= 0.6 is 11.3 Å². The van der Waals surface area contributed by atoms with E-state index in [1.54, 1.807) is 12.0 Å². The Hall–Kier alpha value is -2.26. The zero-order chi connectivity index (χ0) is 26.2. The number of benzene rings is 1. The molecule has 2 amide bonds. The van der Waals surface area contributed by atoms with Crippen LogP contribution in [0.4, 0.5) is 0 Å². The van der Waals surface area contributed by atoms with Crippen LogP contribution in [0.25, 0.3) is 0 Å². The van der Waals surface area contributed by atoms with Crippen molar-refractivity contribution in [3.63, 3.8) is 0 Å². The zero-order valence-corrected chi connectivity index (χ0v) is 23.1. The molecule has 1 aromatic heterocycles. The molecule has 8 heteroatoms. The van der Waals surface area contributed by atoms with Gasteiger partial charge in [-0.05, 0) is 73.6 Å². The minimum atomic E-state index is -0.476. The summed E-state index contributed by atoms with van der Waals surface area (Å²) in [6.45, 7) is 6.14. The smallest absolute Gasteiger partial charge is 0.264 e. The summed E-state index contributed by atoms with van der Waals surface area (Å²) in [7, 11) is 1.71. The number of carbonyl (C=O) groups is 2. The maximum atomic E-state index is 13.5. The average Bonchev–Trinajstić information content (AvgIpc) is 3.61. The van der Waals surface area contributed by atoms with Crippen LogP contribution in [0.1, 0.15) is 52.9 Å². The molecule has 0 radical (unpaired) electrons. The molecule has 1 aromatic carbocycles. The van der Waals surface area contributed by atoms with Gasteiger partial charge in [0.2, 0.25) is 5.91 Å². The number of nitrogens with two attached hydrogens (primary N) is 1. The monoisotopic (exact) mass is 526 g/mol. The molecule has 4 rings (SSSR count). The highest BCUT2D eigenvalue weighted by molar-refractivity contribution is 7.12. The van der Waals surface area contributed by atoms with Crippen LogP contribution in [0.15, 0.2) is 41.8 Å². The second kappa shape index (κ2) is 13.5. The highest BCUT2D eigenvalue weighted by Gasteiger charge is 2.42. The van der Waals surface area contributed by atoms with Crippen molar-refractivity contribution in [2.24, 2.45) is 17.6 Å². The largest absolute Gasteiger partial charge is 0.383 e. The molecule has 1 aliphatic heterocycles. The van der Waals surface area contributed by atoms with Crippen LogP contribution in [0.5, 0.6) is 0 Å². The Balaban J connectivity index is 1.49. The van der Waals surface area contributed by atoms with E-state index in [1.165, 1.54) is 35.3 Å². The molecule has 1 saturated carbocycles. The Kier molecular flexibility index (Phi) is 10.1. The van der Waals surface area contributed by atoms with Crippen LogP contribution < -0.4 is 11.1 Å². The number of amides is 2. The molecule has 0 spiro atoms. The Morgan fingerprint density at radius 3 is 2.70 bits per heavy atom. The number of aryl methyl sites for hydroxylation is 1. The van der Waals surface area contributed by atoms with Gasteiger partial charge in [0.1, 0.15) is 6.04 Å². The molecule has 1 saturated heterocycles. The van der Waals surface area contributed by atoms with Crippen LogP contribution in [0.2, 0.25) is 0 Å². The lowest BCUT2D eigenvalue weighted by Gasteiger charge is -2.29. The molecule has 4 unspecified atom stereocenters. The summed E-state index contributed by atoms with van der Waals surface area (Å²) in [5.74, 6) is 0.925. The summed E-state index contributed by atoms with van der Waals surface area (Å²) in [5, 5.41) is 5.13. The lowest BCUT2D eigenvalue weighted by molar-refractivity contribution is -0.125. The van der Waals surface area contributed by atoms with Gasteiger partial charge in [-0.15, -0.1) is 11.3 Å². The maximum absolute atomic E-state index is 13.5. The Labute approximate surface area is 225 Å². The fourth-order valence-corrected chi connectivity index (χ4v) is 6.54. The fourth-order valence-electron chi connectivity index (χ4n) is 5.86. The van der Waals surface area contributed by atoms with E-state index in [0.29, 0.717) is 42.8 Å². The van der Waals surface area contributed by atoms with Gasteiger partial charge in [-0.25, -0.2) is 0 Å². The third-order valence-electron chi connectivity index (χ3n) is 8.10. The molecule has 3 N–H and O–H groups in total. The van der Waals surface area contributed by atoms with Crippen molar-refractivity contribution >= 4 is 23.2 Å². The van der Waals surface area contributed by atoms with E-state index in [2.05, 4.69) is 41.4 Å². The van der Waals surface area contributed by atoms with Gasteiger partial charge < -0.3 is 20.7 Å².